The van der Waals surface area contributed by atoms with Gasteiger partial charge in [0.15, 0.2) is 0 Å². The number of benzene rings is 3. The Balaban J connectivity index is 1.32. The van der Waals surface area contributed by atoms with Crippen molar-refractivity contribution in [3.8, 4) is 0 Å². The molecule has 0 fully saturated rings. The van der Waals surface area contributed by atoms with Crippen LogP contribution < -0.4 is 14.8 Å². The SMILES string of the molecule is NS(=O)(=O)c1ccc(CCNC(=O)C=Cc2ccc(S(=O)(=O)N3CCc4ccccc43)cc2)cc1. The number of para-hydroxylation sites is 1. The van der Waals surface area contributed by atoms with Crippen LogP contribution in [0.5, 0.6) is 0 Å². The zero-order chi connectivity index (χ0) is 25.1. The van der Waals surface area contributed by atoms with Crippen LogP contribution in [0.15, 0.2) is 88.7 Å². The number of fused-ring (bicyclic) bond motifs is 1. The number of hydrogen-bond donors (Lipinski definition) is 2. The lowest BCUT2D eigenvalue weighted by atomic mass is 10.1. The second-order valence-corrected chi connectivity index (χ2v) is 11.5. The van der Waals surface area contributed by atoms with Crippen LogP contribution in [0.4, 0.5) is 5.69 Å². The maximum absolute atomic E-state index is 13.1. The fraction of sp³-hybridized carbons (Fsp3) is 0.160. The first-order valence-corrected chi connectivity index (χ1v) is 13.9. The molecule has 0 saturated carbocycles. The molecule has 0 bridgehead atoms. The van der Waals surface area contributed by atoms with Gasteiger partial charge in [-0.05, 0) is 65.9 Å². The number of nitrogens with zero attached hydrogens (tertiary/aromatic N) is 1. The van der Waals surface area contributed by atoms with E-state index >= 15 is 0 Å². The number of amides is 1. The lowest BCUT2D eigenvalue weighted by Crippen LogP contribution is -2.29. The Kier molecular flexibility index (Phi) is 7.06. The molecule has 0 unspecified atom stereocenters. The van der Waals surface area contributed by atoms with Crippen molar-refractivity contribution in [3.63, 3.8) is 0 Å². The number of nitrogens with one attached hydrogen (secondary N) is 1. The van der Waals surface area contributed by atoms with E-state index in [2.05, 4.69) is 5.32 Å². The van der Waals surface area contributed by atoms with Gasteiger partial charge in [0.2, 0.25) is 15.9 Å². The van der Waals surface area contributed by atoms with Crippen LogP contribution in [0.1, 0.15) is 16.7 Å². The van der Waals surface area contributed by atoms with Gasteiger partial charge in [0.1, 0.15) is 0 Å². The van der Waals surface area contributed by atoms with Gasteiger partial charge < -0.3 is 5.32 Å². The molecule has 0 atom stereocenters. The fourth-order valence-corrected chi connectivity index (χ4v) is 5.86. The summed E-state index contributed by atoms with van der Waals surface area (Å²) in [5.41, 5.74) is 3.29. The molecule has 0 radical (unpaired) electrons. The molecule has 3 N–H and O–H groups in total. The summed E-state index contributed by atoms with van der Waals surface area (Å²) in [6, 6.07) is 20.0. The predicted molar refractivity (Wildman–Crippen MR) is 135 cm³/mol. The normalized spacial score (nSPS) is 13.7. The number of carbonyl (C=O) groups excluding carboxylic acids is 1. The molecule has 0 saturated heterocycles. The Bertz CT molecular complexity index is 1460. The molecule has 182 valence electrons. The van der Waals surface area contributed by atoms with Gasteiger partial charge >= 0.3 is 0 Å². The van der Waals surface area contributed by atoms with Gasteiger partial charge in [-0.1, -0.05) is 42.5 Å². The van der Waals surface area contributed by atoms with Crippen LogP contribution in [0.2, 0.25) is 0 Å². The Morgan fingerprint density at radius 2 is 1.57 bits per heavy atom. The van der Waals surface area contributed by atoms with Gasteiger partial charge in [-0.25, -0.2) is 22.0 Å². The zero-order valence-electron chi connectivity index (χ0n) is 18.8. The van der Waals surface area contributed by atoms with E-state index in [4.69, 9.17) is 5.14 Å². The number of rotatable bonds is 8. The highest BCUT2D eigenvalue weighted by Crippen LogP contribution is 2.32. The van der Waals surface area contributed by atoms with E-state index in [1.807, 2.05) is 24.3 Å². The summed E-state index contributed by atoms with van der Waals surface area (Å²) >= 11 is 0. The van der Waals surface area contributed by atoms with E-state index in [9.17, 15) is 21.6 Å². The first-order valence-electron chi connectivity index (χ1n) is 10.9. The maximum atomic E-state index is 13.1. The van der Waals surface area contributed by atoms with Crippen molar-refractivity contribution in [2.75, 3.05) is 17.4 Å². The third kappa shape index (κ3) is 5.79. The molecule has 3 aromatic rings. The van der Waals surface area contributed by atoms with Crippen molar-refractivity contribution in [2.24, 2.45) is 5.14 Å². The van der Waals surface area contributed by atoms with Crippen molar-refractivity contribution in [3.05, 3.63) is 95.6 Å². The van der Waals surface area contributed by atoms with Crippen molar-refractivity contribution in [1.82, 2.24) is 5.32 Å². The van der Waals surface area contributed by atoms with Crippen molar-refractivity contribution >= 4 is 37.7 Å². The predicted octanol–water partition coefficient (Wildman–Crippen LogP) is 2.46. The van der Waals surface area contributed by atoms with Gasteiger partial charge in [0.25, 0.3) is 10.0 Å². The molecule has 35 heavy (non-hydrogen) atoms. The van der Waals surface area contributed by atoms with Gasteiger partial charge in [0.05, 0.1) is 15.5 Å². The third-order valence-corrected chi connectivity index (χ3v) is 8.46. The molecule has 0 aromatic heterocycles. The topological polar surface area (TPSA) is 127 Å². The van der Waals surface area contributed by atoms with E-state index in [1.54, 1.807) is 42.5 Å². The molecule has 1 aliphatic heterocycles. The number of nitrogens with two attached hydrogens (primary N) is 1. The monoisotopic (exact) mass is 511 g/mol. The lowest BCUT2D eigenvalue weighted by Gasteiger charge is -2.19. The van der Waals surface area contributed by atoms with Crippen molar-refractivity contribution in [2.45, 2.75) is 22.6 Å². The summed E-state index contributed by atoms with van der Waals surface area (Å²) in [6.07, 6.45) is 4.20. The Hall–Kier alpha value is -3.47. The first-order chi connectivity index (χ1) is 16.6. The summed E-state index contributed by atoms with van der Waals surface area (Å²) in [5, 5.41) is 7.84. The van der Waals surface area contributed by atoms with Gasteiger partial charge in [0, 0.05) is 19.2 Å². The Labute approximate surface area is 205 Å². The summed E-state index contributed by atoms with van der Waals surface area (Å²) in [6.45, 7) is 0.784. The molecule has 1 amide bonds. The molecular formula is C25H25N3O5S2. The van der Waals surface area contributed by atoms with Gasteiger partial charge in [-0.3, -0.25) is 9.10 Å². The minimum Gasteiger partial charge on any atom is -0.352 e. The van der Waals surface area contributed by atoms with Crippen molar-refractivity contribution < 1.29 is 21.6 Å². The molecule has 0 spiro atoms. The largest absolute Gasteiger partial charge is 0.352 e. The van der Waals surface area contributed by atoms with E-state index in [1.165, 1.54) is 22.5 Å². The highest BCUT2D eigenvalue weighted by Gasteiger charge is 2.30. The van der Waals surface area contributed by atoms with Crippen LogP contribution in [-0.2, 0) is 37.7 Å². The third-order valence-electron chi connectivity index (χ3n) is 5.70. The van der Waals surface area contributed by atoms with Crippen LogP contribution in [0.25, 0.3) is 6.08 Å². The molecule has 8 nitrogen and oxygen atoms in total. The minimum absolute atomic E-state index is 0.0392. The summed E-state index contributed by atoms with van der Waals surface area (Å²) in [4.78, 5) is 12.4. The number of anilines is 1. The molecule has 1 aliphatic rings. The van der Waals surface area contributed by atoms with E-state index in [-0.39, 0.29) is 15.7 Å². The van der Waals surface area contributed by atoms with Crippen LogP contribution in [0, 0.1) is 0 Å². The molecular weight excluding hydrogens is 486 g/mol. The molecule has 4 rings (SSSR count). The van der Waals surface area contributed by atoms with E-state index < -0.39 is 20.0 Å². The van der Waals surface area contributed by atoms with Crippen molar-refractivity contribution in [1.29, 1.82) is 0 Å². The molecule has 1 heterocycles. The average Bonchev–Trinajstić information content (AvgIpc) is 3.28. The number of hydrogen-bond acceptors (Lipinski definition) is 5. The highest BCUT2D eigenvalue weighted by atomic mass is 32.2. The smallest absolute Gasteiger partial charge is 0.264 e. The van der Waals surface area contributed by atoms with Gasteiger partial charge in [-0.2, -0.15) is 0 Å². The van der Waals surface area contributed by atoms with E-state index in [0.717, 1.165) is 11.1 Å². The first kappa shape index (κ1) is 24.6. The Morgan fingerprint density at radius 3 is 2.26 bits per heavy atom. The zero-order valence-corrected chi connectivity index (χ0v) is 20.4. The summed E-state index contributed by atoms with van der Waals surface area (Å²) in [5.74, 6) is -0.295. The summed E-state index contributed by atoms with van der Waals surface area (Å²) < 4.78 is 50.2. The molecule has 0 aliphatic carbocycles. The second kappa shape index (κ2) is 10.0. The second-order valence-electron chi connectivity index (χ2n) is 8.09. The standard InChI is InChI=1S/C25H25N3O5S2/c26-34(30,31)22-10-5-20(6-11-22)15-17-27-25(29)14-9-19-7-12-23(13-8-19)35(32,33)28-18-16-21-3-1-2-4-24(21)28/h1-14H,15-18H2,(H,27,29)(H2,26,30,31). The maximum Gasteiger partial charge on any atom is 0.264 e. The van der Waals surface area contributed by atoms with Crippen LogP contribution >= 0.6 is 0 Å². The molecule has 10 heteroatoms. The number of carbonyl (C=O) groups is 1. The summed E-state index contributed by atoms with van der Waals surface area (Å²) in [7, 11) is -7.39. The van der Waals surface area contributed by atoms with Crippen LogP contribution in [0.3, 0.4) is 0 Å². The van der Waals surface area contributed by atoms with Gasteiger partial charge in [-0.15, -0.1) is 0 Å². The molecule has 3 aromatic carbocycles. The number of primary sulfonamides is 1. The fourth-order valence-electron chi connectivity index (χ4n) is 3.84. The Morgan fingerprint density at radius 1 is 0.914 bits per heavy atom. The minimum atomic E-state index is -3.73. The lowest BCUT2D eigenvalue weighted by molar-refractivity contribution is -0.116. The van der Waals surface area contributed by atoms with E-state index in [0.29, 0.717) is 37.2 Å². The number of sulfonamides is 2. The highest BCUT2D eigenvalue weighted by molar-refractivity contribution is 7.92. The average molecular weight is 512 g/mol. The van der Waals surface area contributed by atoms with Crippen LogP contribution in [-0.4, -0.2) is 35.8 Å². The quantitative estimate of drug-likeness (QED) is 0.449.